The maximum atomic E-state index is 12.2. The summed E-state index contributed by atoms with van der Waals surface area (Å²) in [7, 11) is 0. The van der Waals surface area contributed by atoms with Crippen LogP contribution in [0.4, 0.5) is 0 Å². The number of carbonyl (C=O) groups excluding carboxylic acids is 1. The fourth-order valence-corrected chi connectivity index (χ4v) is 3.14. The van der Waals surface area contributed by atoms with Crippen molar-refractivity contribution in [1.82, 2.24) is 5.32 Å². The molecule has 0 aromatic heterocycles. The number of nitrogens with two attached hydrogens (primary N) is 1. The summed E-state index contributed by atoms with van der Waals surface area (Å²) in [5, 5.41) is 3.09. The van der Waals surface area contributed by atoms with Gasteiger partial charge < -0.3 is 11.1 Å². The standard InChI is InChI=1S/C16H32N2O/c1-3-13(4-2)15(17)12-18-16(19)14-10-8-6-5-7-9-11-14/h13-15H,3-12,17H2,1-2H3,(H,18,19). The van der Waals surface area contributed by atoms with Gasteiger partial charge in [0.05, 0.1) is 0 Å². The minimum atomic E-state index is 0.104. The molecule has 1 saturated carbocycles. The molecule has 19 heavy (non-hydrogen) atoms. The van der Waals surface area contributed by atoms with Gasteiger partial charge in [-0.05, 0) is 18.8 Å². The van der Waals surface area contributed by atoms with Crippen LogP contribution in [0.3, 0.4) is 0 Å². The zero-order valence-electron chi connectivity index (χ0n) is 12.8. The second-order valence-corrected chi connectivity index (χ2v) is 6.03. The number of hydrogen-bond acceptors (Lipinski definition) is 2. The summed E-state index contributed by atoms with van der Waals surface area (Å²) in [6, 6.07) is 0.104. The van der Waals surface area contributed by atoms with Crippen LogP contribution in [0.15, 0.2) is 0 Å². The molecule has 1 amide bonds. The second-order valence-electron chi connectivity index (χ2n) is 6.03. The van der Waals surface area contributed by atoms with Gasteiger partial charge >= 0.3 is 0 Å². The van der Waals surface area contributed by atoms with E-state index in [1.807, 2.05) is 0 Å². The third-order valence-corrected chi connectivity index (χ3v) is 4.64. The molecule has 1 aliphatic carbocycles. The van der Waals surface area contributed by atoms with E-state index < -0.39 is 0 Å². The predicted octanol–water partition coefficient (Wildman–Crippen LogP) is 3.23. The Kier molecular flexibility index (Phi) is 8.11. The van der Waals surface area contributed by atoms with Gasteiger partial charge in [-0.25, -0.2) is 0 Å². The minimum absolute atomic E-state index is 0.104. The molecule has 0 aromatic rings. The number of hydrogen-bond donors (Lipinski definition) is 2. The molecule has 3 nitrogen and oxygen atoms in total. The lowest BCUT2D eigenvalue weighted by molar-refractivity contribution is -0.125. The van der Waals surface area contributed by atoms with E-state index in [1.54, 1.807) is 0 Å². The van der Waals surface area contributed by atoms with Crippen LogP contribution < -0.4 is 11.1 Å². The Morgan fingerprint density at radius 2 is 1.63 bits per heavy atom. The lowest BCUT2D eigenvalue weighted by Gasteiger charge is -2.24. The molecule has 112 valence electrons. The fourth-order valence-electron chi connectivity index (χ4n) is 3.14. The van der Waals surface area contributed by atoms with Gasteiger partial charge in [0.1, 0.15) is 0 Å². The first-order valence-corrected chi connectivity index (χ1v) is 8.22. The Morgan fingerprint density at radius 1 is 1.11 bits per heavy atom. The second kappa shape index (κ2) is 9.35. The summed E-state index contributed by atoms with van der Waals surface area (Å²) in [5.74, 6) is 0.996. The van der Waals surface area contributed by atoms with Crippen molar-refractivity contribution in [3.05, 3.63) is 0 Å². The van der Waals surface area contributed by atoms with E-state index in [0.717, 1.165) is 25.7 Å². The van der Waals surface area contributed by atoms with Crippen LogP contribution >= 0.6 is 0 Å². The van der Waals surface area contributed by atoms with E-state index in [2.05, 4.69) is 19.2 Å². The minimum Gasteiger partial charge on any atom is -0.354 e. The molecule has 1 aliphatic rings. The molecule has 0 aromatic carbocycles. The summed E-state index contributed by atoms with van der Waals surface area (Å²) in [6.45, 7) is 4.98. The summed E-state index contributed by atoms with van der Waals surface area (Å²) < 4.78 is 0. The van der Waals surface area contributed by atoms with Gasteiger partial charge in [-0.15, -0.1) is 0 Å². The number of rotatable bonds is 6. The van der Waals surface area contributed by atoms with Crippen molar-refractivity contribution in [3.63, 3.8) is 0 Å². The first-order chi connectivity index (χ1) is 9.19. The van der Waals surface area contributed by atoms with Gasteiger partial charge in [0.2, 0.25) is 5.91 Å². The molecule has 1 atom stereocenters. The highest BCUT2D eigenvalue weighted by molar-refractivity contribution is 5.78. The van der Waals surface area contributed by atoms with Crippen molar-refractivity contribution in [2.75, 3.05) is 6.54 Å². The molecule has 0 heterocycles. The predicted molar refractivity (Wildman–Crippen MR) is 80.9 cm³/mol. The van der Waals surface area contributed by atoms with E-state index >= 15 is 0 Å². The number of nitrogens with one attached hydrogen (secondary N) is 1. The summed E-state index contributed by atoms with van der Waals surface area (Å²) in [4.78, 5) is 12.2. The first kappa shape index (κ1) is 16.5. The number of carbonyl (C=O) groups is 1. The third-order valence-electron chi connectivity index (χ3n) is 4.64. The van der Waals surface area contributed by atoms with Crippen molar-refractivity contribution in [2.24, 2.45) is 17.6 Å². The molecule has 0 saturated heterocycles. The van der Waals surface area contributed by atoms with Crippen molar-refractivity contribution in [1.29, 1.82) is 0 Å². The van der Waals surface area contributed by atoms with E-state index in [4.69, 9.17) is 5.73 Å². The molecule has 3 N–H and O–H groups in total. The maximum Gasteiger partial charge on any atom is 0.223 e. The summed E-state index contributed by atoms with van der Waals surface area (Å²) in [5.41, 5.74) is 6.16. The monoisotopic (exact) mass is 268 g/mol. The average molecular weight is 268 g/mol. The number of amides is 1. The molecule has 1 fully saturated rings. The fraction of sp³-hybridized carbons (Fsp3) is 0.938. The Labute approximate surface area is 118 Å². The van der Waals surface area contributed by atoms with Gasteiger partial charge in [-0.3, -0.25) is 4.79 Å². The molecule has 0 spiro atoms. The third kappa shape index (κ3) is 5.94. The van der Waals surface area contributed by atoms with E-state index in [9.17, 15) is 4.79 Å². The quantitative estimate of drug-likeness (QED) is 0.777. The van der Waals surface area contributed by atoms with Gasteiger partial charge in [0, 0.05) is 18.5 Å². The average Bonchev–Trinajstić information content (AvgIpc) is 2.37. The van der Waals surface area contributed by atoms with Gasteiger partial charge in [-0.1, -0.05) is 58.8 Å². The SMILES string of the molecule is CCC(CC)C(N)CNC(=O)C1CCCCCCC1. The zero-order valence-corrected chi connectivity index (χ0v) is 12.8. The molecule has 0 radical (unpaired) electrons. The molecule has 3 heteroatoms. The molecular weight excluding hydrogens is 236 g/mol. The van der Waals surface area contributed by atoms with Crippen molar-refractivity contribution < 1.29 is 4.79 Å². The lowest BCUT2D eigenvalue weighted by Crippen LogP contribution is -2.43. The Balaban J connectivity index is 2.32. The highest BCUT2D eigenvalue weighted by Gasteiger charge is 2.21. The topological polar surface area (TPSA) is 55.1 Å². The van der Waals surface area contributed by atoms with Crippen LogP contribution in [0, 0.1) is 11.8 Å². The Hall–Kier alpha value is -0.570. The highest BCUT2D eigenvalue weighted by Crippen LogP contribution is 2.22. The van der Waals surface area contributed by atoms with Gasteiger partial charge in [0.15, 0.2) is 0 Å². The van der Waals surface area contributed by atoms with Crippen molar-refractivity contribution in [2.45, 2.75) is 77.7 Å². The van der Waals surface area contributed by atoms with Crippen molar-refractivity contribution in [3.8, 4) is 0 Å². The van der Waals surface area contributed by atoms with E-state index in [-0.39, 0.29) is 17.9 Å². The van der Waals surface area contributed by atoms with Crippen LogP contribution in [0.2, 0.25) is 0 Å². The molecule has 1 rings (SSSR count). The smallest absolute Gasteiger partial charge is 0.223 e. The lowest BCUT2D eigenvalue weighted by atomic mass is 9.90. The largest absolute Gasteiger partial charge is 0.354 e. The van der Waals surface area contributed by atoms with Crippen molar-refractivity contribution >= 4 is 5.91 Å². The van der Waals surface area contributed by atoms with Crippen LogP contribution in [-0.2, 0) is 4.79 Å². The van der Waals surface area contributed by atoms with Gasteiger partial charge in [-0.2, -0.15) is 0 Å². The molecular formula is C16H32N2O. The molecule has 0 aliphatic heterocycles. The highest BCUT2D eigenvalue weighted by atomic mass is 16.1. The van der Waals surface area contributed by atoms with E-state index in [1.165, 1.54) is 32.1 Å². The van der Waals surface area contributed by atoms with Crippen LogP contribution in [0.1, 0.15) is 71.6 Å². The summed E-state index contributed by atoms with van der Waals surface area (Å²) in [6.07, 6.45) is 10.6. The molecule has 0 bridgehead atoms. The summed E-state index contributed by atoms with van der Waals surface area (Å²) >= 11 is 0. The zero-order chi connectivity index (χ0) is 14.1. The Bertz CT molecular complexity index is 243. The maximum absolute atomic E-state index is 12.2. The van der Waals surface area contributed by atoms with Gasteiger partial charge in [0.25, 0.3) is 0 Å². The van der Waals surface area contributed by atoms with Crippen LogP contribution in [0.5, 0.6) is 0 Å². The van der Waals surface area contributed by atoms with Crippen LogP contribution in [0.25, 0.3) is 0 Å². The van der Waals surface area contributed by atoms with E-state index in [0.29, 0.717) is 12.5 Å². The first-order valence-electron chi connectivity index (χ1n) is 8.22. The molecule has 1 unspecified atom stereocenters. The Morgan fingerprint density at radius 3 is 2.16 bits per heavy atom. The normalized spacial score (nSPS) is 19.8. The van der Waals surface area contributed by atoms with Crippen LogP contribution in [-0.4, -0.2) is 18.5 Å².